The van der Waals surface area contributed by atoms with Crippen molar-refractivity contribution in [1.29, 1.82) is 0 Å². The van der Waals surface area contributed by atoms with Gasteiger partial charge in [0.1, 0.15) is 5.75 Å². The Kier molecular flexibility index (Phi) is 6.15. The second-order valence-electron chi connectivity index (χ2n) is 6.69. The van der Waals surface area contributed by atoms with Gasteiger partial charge in [0.2, 0.25) is 0 Å². The number of carbonyl (C=O) groups is 1. The van der Waals surface area contributed by atoms with Gasteiger partial charge in [0.15, 0.2) is 5.11 Å². The molecule has 0 aliphatic carbocycles. The topological polar surface area (TPSA) is 50.4 Å². The lowest BCUT2D eigenvalue weighted by Gasteiger charge is -2.19. The number of amides is 1. The Labute approximate surface area is 154 Å². The zero-order valence-corrected chi connectivity index (χ0v) is 15.9. The SMILES string of the molecule is CCOc1ccc(NC(=S)NC(=O)c2ccc(C(C)(C)C)cc2)cc1. The molecule has 0 saturated heterocycles. The highest BCUT2D eigenvalue weighted by molar-refractivity contribution is 7.80. The minimum absolute atomic E-state index is 0.0551. The summed E-state index contributed by atoms with van der Waals surface area (Å²) in [7, 11) is 0. The third kappa shape index (κ3) is 5.57. The van der Waals surface area contributed by atoms with E-state index in [4.69, 9.17) is 17.0 Å². The first-order valence-electron chi connectivity index (χ1n) is 8.25. The smallest absolute Gasteiger partial charge is 0.257 e. The maximum Gasteiger partial charge on any atom is 0.257 e. The van der Waals surface area contributed by atoms with Gasteiger partial charge < -0.3 is 10.1 Å². The molecule has 2 N–H and O–H groups in total. The molecule has 132 valence electrons. The van der Waals surface area contributed by atoms with Crippen LogP contribution in [0.15, 0.2) is 48.5 Å². The molecule has 2 aromatic carbocycles. The van der Waals surface area contributed by atoms with Gasteiger partial charge in [-0.1, -0.05) is 32.9 Å². The number of benzene rings is 2. The van der Waals surface area contributed by atoms with Crippen LogP contribution in [0.25, 0.3) is 0 Å². The van der Waals surface area contributed by atoms with Crippen LogP contribution in [0.2, 0.25) is 0 Å². The number of anilines is 1. The first-order chi connectivity index (χ1) is 11.8. The van der Waals surface area contributed by atoms with Gasteiger partial charge in [0, 0.05) is 11.3 Å². The minimum atomic E-state index is -0.233. The fourth-order valence-electron chi connectivity index (χ4n) is 2.26. The third-order valence-corrected chi connectivity index (χ3v) is 3.87. The van der Waals surface area contributed by atoms with Gasteiger partial charge in [-0.3, -0.25) is 10.1 Å². The number of nitrogens with one attached hydrogen (secondary N) is 2. The van der Waals surface area contributed by atoms with Crippen molar-refractivity contribution in [2.45, 2.75) is 33.1 Å². The Balaban J connectivity index is 1.94. The molecule has 0 spiro atoms. The lowest BCUT2D eigenvalue weighted by Crippen LogP contribution is -2.34. The molecule has 4 nitrogen and oxygen atoms in total. The first kappa shape index (κ1) is 18.9. The van der Waals surface area contributed by atoms with Crippen LogP contribution in [0, 0.1) is 0 Å². The van der Waals surface area contributed by atoms with E-state index in [0.717, 1.165) is 11.4 Å². The first-order valence-corrected chi connectivity index (χ1v) is 8.66. The molecule has 0 fully saturated rings. The summed E-state index contributed by atoms with van der Waals surface area (Å²) < 4.78 is 5.39. The molecule has 0 aromatic heterocycles. The van der Waals surface area contributed by atoms with Gasteiger partial charge in [0.05, 0.1) is 6.61 Å². The van der Waals surface area contributed by atoms with Crippen molar-refractivity contribution in [2.24, 2.45) is 0 Å². The molecule has 0 bridgehead atoms. The summed E-state index contributed by atoms with van der Waals surface area (Å²) in [5, 5.41) is 5.94. The molecule has 25 heavy (non-hydrogen) atoms. The monoisotopic (exact) mass is 356 g/mol. The number of carbonyl (C=O) groups excluding carboxylic acids is 1. The van der Waals surface area contributed by atoms with E-state index < -0.39 is 0 Å². The standard InChI is InChI=1S/C20H24N2O2S/c1-5-24-17-12-10-16(11-13-17)21-19(25)22-18(23)14-6-8-15(9-7-14)20(2,3)4/h6-13H,5H2,1-4H3,(H2,21,22,23,25). The van der Waals surface area contributed by atoms with Crippen LogP contribution in [0.5, 0.6) is 5.75 Å². The highest BCUT2D eigenvalue weighted by atomic mass is 32.1. The Bertz CT molecular complexity index is 732. The fourth-order valence-corrected chi connectivity index (χ4v) is 2.47. The molecule has 0 unspecified atom stereocenters. The molecule has 0 heterocycles. The third-order valence-electron chi connectivity index (χ3n) is 3.66. The van der Waals surface area contributed by atoms with Crippen LogP contribution in [0.4, 0.5) is 5.69 Å². The van der Waals surface area contributed by atoms with Gasteiger partial charge in [0.25, 0.3) is 5.91 Å². The normalized spacial score (nSPS) is 10.9. The molecule has 1 amide bonds. The number of hydrogen-bond acceptors (Lipinski definition) is 3. The van der Waals surface area contributed by atoms with Crippen LogP contribution in [0.3, 0.4) is 0 Å². The average molecular weight is 356 g/mol. The summed E-state index contributed by atoms with van der Waals surface area (Å²) >= 11 is 5.21. The Morgan fingerprint density at radius 2 is 1.64 bits per heavy atom. The highest BCUT2D eigenvalue weighted by Crippen LogP contribution is 2.22. The Hall–Kier alpha value is -2.40. The van der Waals surface area contributed by atoms with Crippen molar-refractivity contribution >= 4 is 28.9 Å². The van der Waals surface area contributed by atoms with Crippen molar-refractivity contribution in [3.05, 3.63) is 59.7 Å². The molecule has 0 saturated carbocycles. The number of thiocarbonyl (C=S) groups is 1. The van der Waals surface area contributed by atoms with Crippen LogP contribution in [0.1, 0.15) is 43.6 Å². The predicted molar refractivity (Wildman–Crippen MR) is 106 cm³/mol. The molecule has 0 radical (unpaired) electrons. The van der Waals surface area contributed by atoms with Gasteiger partial charge in [-0.25, -0.2) is 0 Å². The average Bonchev–Trinajstić information content (AvgIpc) is 2.56. The van der Waals surface area contributed by atoms with Crippen LogP contribution in [-0.4, -0.2) is 17.6 Å². The van der Waals surface area contributed by atoms with E-state index >= 15 is 0 Å². The molecular weight excluding hydrogens is 332 g/mol. The lowest BCUT2D eigenvalue weighted by atomic mass is 9.87. The molecular formula is C20H24N2O2S. The minimum Gasteiger partial charge on any atom is -0.494 e. The second kappa shape index (κ2) is 8.12. The highest BCUT2D eigenvalue weighted by Gasteiger charge is 2.14. The molecule has 0 aliphatic rings. The van der Waals surface area contributed by atoms with Crippen molar-refractivity contribution in [3.8, 4) is 5.75 Å². The van der Waals surface area contributed by atoms with E-state index in [-0.39, 0.29) is 16.4 Å². The molecule has 0 aliphatic heterocycles. The summed E-state index contributed by atoms with van der Waals surface area (Å²) in [6.45, 7) is 8.97. The lowest BCUT2D eigenvalue weighted by molar-refractivity contribution is 0.0977. The van der Waals surface area contributed by atoms with Gasteiger partial charge in [-0.2, -0.15) is 0 Å². The van der Waals surface area contributed by atoms with E-state index in [1.165, 1.54) is 5.56 Å². The van der Waals surface area contributed by atoms with Gasteiger partial charge in [-0.15, -0.1) is 0 Å². The summed E-state index contributed by atoms with van der Waals surface area (Å²) in [4.78, 5) is 12.3. The second-order valence-corrected chi connectivity index (χ2v) is 7.10. The van der Waals surface area contributed by atoms with Crippen molar-refractivity contribution < 1.29 is 9.53 Å². The molecule has 2 aromatic rings. The molecule has 0 atom stereocenters. The van der Waals surface area contributed by atoms with Crippen LogP contribution >= 0.6 is 12.2 Å². The van der Waals surface area contributed by atoms with Gasteiger partial charge >= 0.3 is 0 Å². The summed E-state index contributed by atoms with van der Waals surface area (Å²) in [5.41, 5.74) is 2.60. The van der Waals surface area contributed by atoms with Crippen LogP contribution in [-0.2, 0) is 5.41 Å². The molecule has 2 rings (SSSR count). The van der Waals surface area contributed by atoms with E-state index in [1.54, 1.807) is 0 Å². The Morgan fingerprint density at radius 3 is 2.16 bits per heavy atom. The maximum absolute atomic E-state index is 12.3. The van der Waals surface area contributed by atoms with Crippen molar-refractivity contribution in [3.63, 3.8) is 0 Å². The fraction of sp³-hybridized carbons (Fsp3) is 0.300. The summed E-state index contributed by atoms with van der Waals surface area (Å²) in [5.74, 6) is 0.561. The maximum atomic E-state index is 12.3. The van der Waals surface area contributed by atoms with Crippen LogP contribution < -0.4 is 15.4 Å². The van der Waals surface area contributed by atoms with Gasteiger partial charge in [-0.05, 0) is 66.5 Å². The zero-order valence-electron chi connectivity index (χ0n) is 15.1. The van der Waals surface area contributed by atoms with E-state index in [2.05, 4.69) is 31.4 Å². The van der Waals surface area contributed by atoms with E-state index in [9.17, 15) is 4.79 Å². The number of hydrogen-bond donors (Lipinski definition) is 2. The predicted octanol–water partition coefficient (Wildman–Crippen LogP) is 4.51. The zero-order chi connectivity index (χ0) is 18.4. The van der Waals surface area contributed by atoms with Crippen molar-refractivity contribution in [2.75, 3.05) is 11.9 Å². The number of ether oxygens (including phenoxy) is 1. The summed E-state index contributed by atoms with van der Waals surface area (Å²) in [6, 6.07) is 15.0. The van der Waals surface area contributed by atoms with E-state index in [1.807, 2.05) is 55.5 Å². The largest absolute Gasteiger partial charge is 0.494 e. The number of rotatable bonds is 4. The summed E-state index contributed by atoms with van der Waals surface area (Å²) in [6.07, 6.45) is 0. The quantitative estimate of drug-likeness (QED) is 0.792. The van der Waals surface area contributed by atoms with E-state index in [0.29, 0.717) is 12.2 Å². The Morgan fingerprint density at radius 1 is 1.04 bits per heavy atom. The van der Waals surface area contributed by atoms with Crippen molar-refractivity contribution in [1.82, 2.24) is 5.32 Å². The molecule has 5 heteroatoms.